The van der Waals surface area contributed by atoms with Crippen LogP contribution in [0.3, 0.4) is 0 Å². The van der Waals surface area contributed by atoms with Gasteiger partial charge in [0.1, 0.15) is 0 Å². The van der Waals surface area contributed by atoms with E-state index >= 15 is 0 Å². The normalized spacial score (nSPS) is 27.5. The summed E-state index contributed by atoms with van der Waals surface area (Å²) in [5.74, 6) is -0.983. The number of amides is 1. The molecule has 1 amide bonds. The number of carbonyl (C=O) groups is 2. The quantitative estimate of drug-likeness (QED) is 0.925. The van der Waals surface area contributed by atoms with Gasteiger partial charge < -0.3 is 14.7 Å². The molecule has 0 saturated carbocycles. The number of carboxylic acids is 1. The Morgan fingerprint density at radius 1 is 1.41 bits per heavy atom. The highest BCUT2D eigenvalue weighted by molar-refractivity contribution is 5.96. The first-order valence-corrected chi connectivity index (χ1v) is 7.77. The van der Waals surface area contributed by atoms with E-state index in [9.17, 15) is 14.7 Å². The molecule has 0 bridgehead atoms. The molecule has 2 aliphatic rings. The second-order valence-corrected chi connectivity index (χ2v) is 6.18. The van der Waals surface area contributed by atoms with Gasteiger partial charge in [-0.25, -0.2) is 0 Å². The minimum atomic E-state index is -0.838. The first-order valence-electron chi connectivity index (χ1n) is 7.77. The smallest absolute Gasteiger partial charge is 0.311 e. The molecule has 1 aromatic rings. The summed E-state index contributed by atoms with van der Waals surface area (Å²) >= 11 is 0. The Bertz CT molecular complexity index is 600. The van der Waals surface area contributed by atoms with Crippen molar-refractivity contribution in [3.8, 4) is 0 Å². The van der Waals surface area contributed by atoms with E-state index < -0.39 is 11.4 Å². The fourth-order valence-corrected chi connectivity index (χ4v) is 3.66. The molecule has 3 rings (SSSR count). The molecular weight excluding hydrogens is 282 g/mol. The third-order valence-corrected chi connectivity index (χ3v) is 5.05. The molecule has 5 nitrogen and oxygen atoms in total. The predicted octanol–water partition coefficient (Wildman–Crippen LogP) is 1.81. The highest BCUT2D eigenvalue weighted by Gasteiger charge is 2.55. The fraction of sp³-hybridized carbons (Fsp3) is 0.529. The van der Waals surface area contributed by atoms with Gasteiger partial charge in [0.2, 0.25) is 0 Å². The van der Waals surface area contributed by atoms with E-state index in [4.69, 9.17) is 4.74 Å². The molecular formula is C17H21NO4. The summed E-state index contributed by atoms with van der Waals surface area (Å²) in [6, 6.07) is 7.55. The summed E-state index contributed by atoms with van der Waals surface area (Å²) in [4.78, 5) is 26.3. The third-order valence-electron chi connectivity index (χ3n) is 5.05. The zero-order chi connectivity index (χ0) is 15.7. The lowest BCUT2D eigenvalue weighted by atomic mass is 9.74. The van der Waals surface area contributed by atoms with Crippen LogP contribution in [0.2, 0.25) is 0 Å². The molecule has 2 heterocycles. The average molecular weight is 303 g/mol. The number of hydrogen-bond acceptors (Lipinski definition) is 3. The van der Waals surface area contributed by atoms with Gasteiger partial charge in [-0.1, -0.05) is 25.1 Å². The molecule has 0 unspecified atom stereocenters. The third kappa shape index (κ3) is 2.29. The standard InChI is InChI=1S/C17H21NO4/c1-2-12-5-3-4-6-14(12)15(19)18-9-13-10-22-8-7-17(13,11-18)16(20)21/h3-6,13H,2,7-11H2,1H3,(H,20,21)/t13-,17+/m0/s1. The van der Waals surface area contributed by atoms with E-state index in [0.717, 1.165) is 12.0 Å². The van der Waals surface area contributed by atoms with Gasteiger partial charge in [0.15, 0.2) is 0 Å². The second-order valence-electron chi connectivity index (χ2n) is 6.18. The summed E-state index contributed by atoms with van der Waals surface area (Å²) in [6.45, 7) is 3.64. The Hall–Kier alpha value is -1.88. The van der Waals surface area contributed by atoms with Crippen molar-refractivity contribution in [2.45, 2.75) is 19.8 Å². The van der Waals surface area contributed by atoms with Crippen molar-refractivity contribution >= 4 is 11.9 Å². The Balaban J connectivity index is 1.87. The summed E-state index contributed by atoms with van der Waals surface area (Å²) in [6.07, 6.45) is 1.26. The average Bonchev–Trinajstić information content (AvgIpc) is 2.95. The first-order chi connectivity index (χ1) is 10.6. The highest BCUT2D eigenvalue weighted by atomic mass is 16.5. The monoisotopic (exact) mass is 303 g/mol. The van der Waals surface area contributed by atoms with Crippen LogP contribution in [0.15, 0.2) is 24.3 Å². The van der Waals surface area contributed by atoms with Gasteiger partial charge in [-0.2, -0.15) is 0 Å². The van der Waals surface area contributed by atoms with E-state index in [1.54, 1.807) is 4.90 Å². The van der Waals surface area contributed by atoms with Crippen molar-refractivity contribution in [3.63, 3.8) is 0 Å². The van der Waals surface area contributed by atoms with Crippen LogP contribution in [0.5, 0.6) is 0 Å². The van der Waals surface area contributed by atoms with E-state index in [1.165, 1.54) is 0 Å². The Kier molecular flexibility index (Phi) is 3.91. The number of nitrogens with zero attached hydrogens (tertiary/aromatic N) is 1. The van der Waals surface area contributed by atoms with Crippen molar-refractivity contribution in [1.29, 1.82) is 0 Å². The number of benzene rings is 1. The number of aryl methyl sites for hydroxylation is 1. The molecule has 5 heteroatoms. The van der Waals surface area contributed by atoms with E-state index in [-0.39, 0.29) is 18.4 Å². The number of aliphatic carboxylic acids is 1. The van der Waals surface area contributed by atoms with Gasteiger partial charge in [-0.3, -0.25) is 9.59 Å². The lowest BCUT2D eigenvalue weighted by Gasteiger charge is -2.33. The van der Waals surface area contributed by atoms with Crippen LogP contribution in [0.25, 0.3) is 0 Å². The van der Waals surface area contributed by atoms with Crippen LogP contribution in [0.4, 0.5) is 0 Å². The lowest BCUT2D eigenvalue weighted by molar-refractivity contribution is -0.157. The van der Waals surface area contributed by atoms with Crippen molar-refractivity contribution < 1.29 is 19.4 Å². The van der Waals surface area contributed by atoms with E-state index in [1.807, 2.05) is 31.2 Å². The number of carbonyl (C=O) groups excluding carboxylic acids is 1. The van der Waals surface area contributed by atoms with Crippen molar-refractivity contribution in [2.24, 2.45) is 11.3 Å². The van der Waals surface area contributed by atoms with Gasteiger partial charge in [-0.15, -0.1) is 0 Å². The van der Waals surface area contributed by atoms with Crippen LogP contribution in [-0.4, -0.2) is 48.2 Å². The maximum absolute atomic E-state index is 12.8. The maximum Gasteiger partial charge on any atom is 0.311 e. The number of ether oxygens (including phenoxy) is 1. The summed E-state index contributed by atoms with van der Waals surface area (Å²) in [5, 5.41) is 9.68. The van der Waals surface area contributed by atoms with Gasteiger partial charge in [0.05, 0.1) is 12.0 Å². The summed E-state index contributed by atoms with van der Waals surface area (Å²) in [5.41, 5.74) is 0.850. The van der Waals surface area contributed by atoms with Crippen LogP contribution < -0.4 is 0 Å². The molecule has 0 spiro atoms. The van der Waals surface area contributed by atoms with Crippen LogP contribution in [-0.2, 0) is 16.0 Å². The van der Waals surface area contributed by atoms with Crippen molar-refractivity contribution in [1.82, 2.24) is 4.90 Å². The topological polar surface area (TPSA) is 66.8 Å². The van der Waals surface area contributed by atoms with E-state index in [2.05, 4.69) is 0 Å². The maximum atomic E-state index is 12.8. The molecule has 2 saturated heterocycles. The molecule has 1 N–H and O–H groups in total. The molecule has 2 atom stereocenters. The van der Waals surface area contributed by atoms with E-state index in [0.29, 0.717) is 31.7 Å². The predicted molar refractivity (Wildman–Crippen MR) is 80.7 cm³/mol. The molecule has 22 heavy (non-hydrogen) atoms. The SMILES string of the molecule is CCc1ccccc1C(=O)N1C[C@H]2COCC[C@@]2(C(=O)O)C1. The van der Waals surface area contributed by atoms with Crippen molar-refractivity contribution in [2.75, 3.05) is 26.3 Å². The Labute approximate surface area is 129 Å². The zero-order valence-electron chi connectivity index (χ0n) is 12.7. The zero-order valence-corrected chi connectivity index (χ0v) is 12.7. The minimum absolute atomic E-state index is 0.0625. The van der Waals surface area contributed by atoms with Crippen LogP contribution in [0.1, 0.15) is 29.3 Å². The molecule has 118 valence electrons. The highest BCUT2D eigenvalue weighted by Crippen LogP contribution is 2.42. The minimum Gasteiger partial charge on any atom is -0.481 e. The molecule has 2 fully saturated rings. The van der Waals surface area contributed by atoms with Gasteiger partial charge >= 0.3 is 5.97 Å². The van der Waals surface area contributed by atoms with Crippen LogP contribution >= 0.6 is 0 Å². The van der Waals surface area contributed by atoms with Crippen molar-refractivity contribution in [3.05, 3.63) is 35.4 Å². The number of rotatable bonds is 3. The first kappa shape index (κ1) is 15.0. The lowest BCUT2D eigenvalue weighted by Crippen LogP contribution is -2.45. The fourth-order valence-electron chi connectivity index (χ4n) is 3.66. The largest absolute Gasteiger partial charge is 0.481 e. The second kappa shape index (κ2) is 5.72. The van der Waals surface area contributed by atoms with Crippen LogP contribution in [0, 0.1) is 11.3 Å². The molecule has 0 aliphatic carbocycles. The van der Waals surface area contributed by atoms with Gasteiger partial charge in [0.25, 0.3) is 5.91 Å². The molecule has 2 aliphatic heterocycles. The number of carboxylic acid groups (broad SMARTS) is 1. The van der Waals surface area contributed by atoms with Gasteiger partial charge in [-0.05, 0) is 24.5 Å². The van der Waals surface area contributed by atoms with Gasteiger partial charge in [0, 0.05) is 31.2 Å². The molecule has 0 radical (unpaired) electrons. The number of hydrogen-bond donors (Lipinski definition) is 1. The molecule has 0 aromatic heterocycles. The summed E-state index contributed by atoms with van der Waals surface area (Å²) in [7, 11) is 0. The Morgan fingerprint density at radius 2 is 2.18 bits per heavy atom. The number of fused-ring (bicyclic) bond motifs is 1. The number of likely N-dealkylation sites (tertiary alicyclic amines) is 1. The summed E-state index contributed by atoms with van der Waals surface area (Å²) < 4.78 is 5.44. The molecule has 1 aromatic carbocycles. The Morgan fingerprint density at radius 3 is 2.86 bits per heavy atom.